The summed E-state index contributed by atoms with van der Waals surface area (Å²) < 4.78 is 0. The van der Waals surface area contributed by atoms with Crippen LogP contribution in [0.4, 0.5) is 11.4 Å². The van der Waals surface area contributed by atoms with Gasteiger partial charge in [-0.2, -0.15) is 0 Å². The number of aromatic nitrogens is 1. The maximum Gasteiger partial charge on any atom is 0.269 e. The number of nitro groups is 1. The summed E-state index contributed by atoms with van der Waals surface area (Å²) in [6.45, 7) is 0.631. The minimum absolute atomic E-state index is 0.0418. The summed E-state index contributed by atoms with van der Waals surface area (Å²) in [5.41, 5.74) is 1.07. The normalized spacial score (nSPS) is 27.0. The van der Waals surface area contributed by atoms with E-state index in [0.717, 1.165) is 12.8 Å². The summed E-state index contributed by atoms with van der Waals surface area (Å²) in [4.78, 5) is 45.6. The van der Waals surface area contributed by atoms with Gasteiger partial charge < -0.3 is 5.32 Å². The molecule has 6 rings (SSSR count). The fourth-order valence-electron chi connectivity index (χ4n) is 6.44. The molecule has 3 aliphatic heterocycles. The van der Waals surface area contributed by atoms with Gasteiger partial charge >= 0.3 is 0 Å². The van der Waals surface area contributed by atoms with E-state index < -0.39 is 22.3 Å². The Hall–Kier alpha value is -3.62. The molecule has 9 heteroatoms. The second-order valence-electron chi connectivity index (χ2n) is 9.27. The molecule has 0 unspecified atom stereocenters. The number of nitrogens with zero attached hydrogens (tertiary/aromatic N) is 3. The van der Waals surface area contributed by atoms with E-state index in [1.54, 1.807) is 42.6 Å². The van der Waals surface area contributed by atoms with Gasteiger partial charge in [-0.05, 0) is 55.3 Å². The number of amides is 1. The van der Waals surface area contributed by atoms with Crippen LogP contribution in [0.3, 0.4) is 0 Å². The fourth-order valence-corrected chi connectivity index (χ4v) is 6.61. The predicted octanol–water partition coefficient (Wildman–Crippen LogP) is 4.55. The summed E-state index contributed by atoms with van der Waals surface area (Å²) in [5.74, 6) is -1.73. The summed E-state index contributed by atoms with van der Waals surface area (Å²) in [5, 5.41) is 15.0. The number of carbonyl (C=O) groups is 2. The van der Waals surface area contributed by atoms with Gasteiger partial charge in [-0.15, -0.1) is 0 Å². The molecule has 4 atom stereocenters. The van der Waals surface area contributed by atoms with Crippen molar-refractivity contribution in [3.63, 3.8) is 0 Å². The van der Waals surface area contributed by atoms with Crippen molar-refractivity contribution in [2.24, 2.45) is 5.92 Å². The number of hydrogen-bond donors (Lipinski definition) is 1. The number of fused-ring (bicyclic) bond motifs is 4. The number of ketones is 1. The first-order valence-corrected chi connectivity index (χ1v) is 11.9. The van der Waals surface area contributed by atoms with E-state index in [9.17, 15) is 19.7 Å². The number of nitro benzene ring substituents is 1. The lowest BCUT2D eigenvalue weighted by atomic mass is 9.69. The summed E-state index contributed by atoms with van der Waals surface area (Å²) in [6, 6.07) is 14.9. The molecule has 2 aromatic carbocycles. The van der Waals surface area contributed by atoms with Crippen molar-refractivity contribution in [3.05, 3.63) is 98.8 Å². The first-order valence-electron chi connectivity index (χ1n) is 11.5. The SMILES string of the molecule is O=C(c1cccnc1)[C@@H]1[C@@H](c2cccc([N+](=O)[O-])c2)[C@@H]2CCCN2[C@@]12C(=O)Nc1ccc(Cl)cc12. The second kappa shape index (κ2) is 7.96. The number of anilines is 1. The molecule has 3 aliphatic rings. The summed E-state index contributed by atoms with van der Waals surface area (Å²) in [6.07, 6.45) is 4.73. The molecule has 176 valence electrons. The second-order valence-corrected chi connectivity index (χ2v) is 9.71. The van der Waals surface area contributed by atoms with Crippen molar-refractivity contribution in [2.75, 3.05) is 11.9 Å². The number of pyridine rings is 1. The van der Waals surface area contributed by atoms with Crippen LogP contribution in [0, 0.1) is 16.0 Å². The quantitative estimate of drug-likeness (QED) is 0.328. The predicted molar refractivity (Wildman–Crippen MR) is 129 cm³/mol. The molecule has 2 saturated heterocycles. The third-order valence-corrected chi connectivity index (χ3v) is 7.89. The van der Waals surface area contributed by atoms with E-state index in [2.05, 4.69) is 15.2 Å². The number of hydrogen-bond acceptors (Lipinski definition) is 6. The molecule has 35 heavy (non-hydrogen) atoms. The Kier molecular flexibility index (Phi) is 4.98. The van der Waals surface area contributed by atoms with Gasteiger partial charge in [0.2, 0.25) is 5.91 Å². The highest BCUT2D eigenvalue weighted by Crippen LogP contribution is 2.61. The molecule has 4 heterocycles. The highest BCUT2D eigenvalue weighted by Gasteiger charge is 2.69. The largest absolute Gasteiger partial charge is 0.324 e. The van der Waals surface area contributed by atoms with Gasteiger partial charge in [0.25, 0.3) is 5.69 Å². The third-order valence-electron chi connectivity index (χ3n) is 7.66. The highest BCUT2D eigenvalue weighted by atomic mass is 35.5. The van der Waals surface area contributed by atoms with E-state index in [4.69, 9.17) is 11.6 Å². The van der Waals surface area contributed by atoms with Crippen molar-refractivity contribution >= 4 is 34.7 Å². The number of nitrogens with one attached hydrogen (secondary N) is 1. The molecular formula is C26H21ClN4O4. The topological polar surface area (TPSA) is 105 Å². The number of halogens is 1. The molecular weight excluding hydrogens is 468 g/mol. The van der Waals surface area contributed by atoms with Gasteiger partial charge in [0.1, 0.15) is 5.54 Å². The van der Waals surface area contributed by atoms with E-state index in [0.29, 0.717) is 33.9 Å². The first-order chi connectivity index (χ1) is 16.9. The molecule has 0 aliphatic carbocycles. The van der Waals surface area contributed by atoms with Crippen LogP contribution in [-0.4, -0.2) is 39.1 Å². The first kappa shape index (κ1) is 21.9. The number of benzene rings is 2. The van der Waals surface area contributed by atoms with Crippen LogP contribution in [0.2, 0.25) is 5.02 Å². The molecule has 1 aromatic heterocycles. The van der Waals surface area contributed by atoms with E-state index >= 15 is 0 Å². The van der Waals surface area contributed by atoms with Crippen LogP contribution < -0.4 is 5.32 Å². The molecule has 8 nitrogen and oxygen atoms in total. The Morgan fingerprint density at radius 2 is 2.06 bits per heavy atom. The summed E-state index contributed by atoms with van der Waals surface area (Å²) >= 11 is 6.40. The van der Waals surface area contributed by atoms with E-state index in [1.807, 2.05) is 6.07 Å². The monoisotopic (exact) mass is 488 g/mol. The number of rotatable bonds is 4. The van der Waals surface area contributed by atoms with Crippen molar-refractivity contribution < 1.29 is 14.5 Å². The smallest absolute Gasteiger partial charge is 0.269 e. The van der Waals surface area contributed by atoms with Crippen LogP contribution >= 0.6 is 11.6 Å². The third kappa shape index (κ3) is 3.06. The molecule has 2 fully saturated rings. The summed E-state index contributed by atoms with van der Waals surface area (Å²) in [7, 11) is 0. The highest BCUT2D eigenvalue weighted by molar-refractivity contribution is 6.31. The minimum atomic E-state index is -1.27. The fraction of sp³-hybridized carbons (Fsp3) is 0.269. The van der Waals surface area contributed by atoms with Crippen molar-refractivity contribution in [1.29, 1.82) is 0 Å². The zero-order valence-corrected chi connectivity index (χ0v) is 19.3. The molecule has 0 saturated carbocycles. The number of carbonyl (C=O) groups excluding carboxylic acids is 2. The maximum absolute atomic E-state index is 14.3. The van der Waals surface area contributed by atoms with E-state index in [1.165, 1.54) is 18.3 Å². The molecule has 0 bridgehead atoms. The van der Waals surface area contributed by atoms with Gasteiger partial charge in [0.15, 0.2) is 5.78 Å². The van der Waals surface area contributed by atoms with Gasteiger partial charge in [-0.3, -0.25) is 29.6 Å². The zero-order valence-electron chi connectivity index (χ0n) is 18.6. The molecule has 3 aromatic rings. The van der Waals surface area contributed by atoms with Crippen LogP contribution in [0.25, 0.3) is 0 Å². The van der Waals surface area contributed by atoms with Crippen LogP contribution in [0.5, 0.6) is 0 Å². The van der Waals surface area contributed by atoms with Gasteiger partial charge in [0, 0.05) is 58.3 Å². The van der Waals surface area contributed by atoms with Crippen LogP contribution in [-0.2, 0) is 10.3 Å². The average Bonchev–Trinajstić information content (AvgIpc) is 3.52. The molecule has 0 radical (unpaired) electrons. The van der Waals surface area contributed by atoms with Gasteiger partial charge in [-0.1, -0.05) is 23.7 Å². The zero-order chi connectivity index (χ0) is 24.3. The lowest BCUT2D eigenvalue weighted by Gasteiger charge is -2.36. The maximum atomic E-state index is 14.3. The van der Waals surface area contributed by atoms with Crippen LogP contribution in [0.15, 0.2) is 67.0 Å². The van der Waals surface area contributed by atoms with Crippen LogP contribution in [0.1, 0.15) is 40.2 Å². The van der Waals surface area contributed by atoms with Gasteiger partial charge in [0.05, 0.1) is 10.8 Å². The minimum Gasteiger partial charge on any atom is -0.324 e. The Balaban J connectivity index is 1.63. The molecule has 1 spiro atoms. The standard InChI is InChI=1S/C26H21ClN4O4/c27-17-8-9-20-19(13-17)26(25(33)29-20)23(24(32)16-5-2-10-28-14-16)22(21-7-3-11-30(21)26)15-4-1-6-18(12-15)31(34)35/h1-2,4-6,8-10,12-14,21-23H,3,7,11H2,(H,29,33)/t21-,22-,23-,26+/m0/s1. The molecule has 1 amide bonds. The Bertz CT molecular complexity index is 1380. The number of Topliss-reactive ketones (excluding diaryl/α,β-unsaturated/α-hetero) is 1. The Morgan fingerprint density at radius 1 is 1.20 bits per heavy atom. The van der Waals surface area contributed by atoms with Crippen molar-refractivity contribution in [2.45, 2.75) is 30.3 Å². The lowest BCUT2D eigenvalue weighted by molar-refractivity contribution is -0.384. The Morgan fingerprint density at radius 3 is 2.83 bits per heavy atom. The lowest BCUT2D eigenvalue weighted by Crippen LogP contribution is -2.52. The van der Waals surface area contributed by atoms with E-state index in [-0.39, 0.29) is 23.4 Å². The van der Waals surface area contributed by atoms with Crippen molar-refractivity contribution in [3.8, 4) is 0 Å². The van der Waals surface area contributed by atoms with Crippen molar-refractivity contribution in [1.82, 2.24) is 9.88 Å². The molecule has 1 N–H and O–H groups in total. The number of non-ortho nitro benzene ring substituents is 1. The Labute approximate surface area is 206 Å². The average molecular weight is 489 g/mol. The van der Waals surface area contributed by atoms with Gasteiger partial charge in [-0.25, -0.2) is 0 Å².